The number of oxazole rings is 1. The number of fused-ring (bicyclic) bond motifs is 1. The molecule has 0 fully saturated rings. The van der Waals surface area contributed by atoms with Crippen LogP contribution < -0.4 is 0 Å². The van der Waals surface area contributed by atoms with Gasteiger partial charge < -0.3 is 8.98 Å². The molecule has 0 aliphatic heterocycles. The maximum absolute atomic E-state index is 13.3. The fourth-order valence-corrected chi connectivity index (χ4v) is 3.40. The topological polar surface area (TPSA) is 80.5 Å². The average Bonchev–Trinajstić information content (AvgIpc) is 3.30. The van der Waals surface area contributed by atoms with E-state index in [1.165, 1.54) is 12.3 Å². The van der Waals surface area contributed by atoms with Crippen LogP contribution in [-0.2, 0) is 13.5 Å². The molecule has 1 aromatic carbocycles. The molecule has 0 spiro atoms. The zero-order valence-electron chi connectivity index (χ0n) is 17.9. The van der Waals surface area contributed by atoms with Crippen LogP contribution in [-0.4, -0.2) is 25.7 Å². The molecule has 3 aromatic heterocycles. The van der Waals surface area contributed by atoms with Gasteiger partial charge in [0.05, 0.1) is 28.3 Å². The van der Waals surface area contributed by atoms with Gasteiger partial charge in [-0.15, -0.1) is 0 Å². The number of aryl methyl sites for hydroxylation is 2. The first kappa shape index (κ1) is 21.6. The highest BCUT2D eigenvalue weighted by Crippen LogP contribution is 2.41. The highest BCUT2D eigenvalue weighted by molar-refractivity contribution is 5.86. The van der Waals surface area contributed by atoms with E-state index in [0.717, 1.165) is 30.7 Å². The smallest absolute Gasteiger partial charge is 0.394 e. The van der Waals surface area contributed by atoms with Crippen molar-refractivity contribution >= 4 is 11.0 Å². The molecule has 0 radical (unpaired) electrons. The summed E-state index contributed by atoms with van der Waals surface area (Å²) < 4.78 is 47.4. The van der Waals surface area contributed by atoms with Gasteiger partial charge >= 0.3 is 6.18 Å². The van der Waals surface area contributed by atoms with Crippen molar-refractivity contribution in [1.82, 2.24) is 19.5 Å². The number of nitriles is 1. The Hall–Kier alpha value is -3.67. The van der Waals surface area contributed by atoms with Gasteiger partial charge in [-0.1, -0.05) is 19.9 Å². The molecule has 164 valence electrons. The molecule has 0 amide bonds. The zero-order valence-corrected chi connectivity index (χ0v) is 17.9. The zero-order chi connectivity index (χ0) is 23.3. The van der Waals surface area contributed by atoms with E-state index in [4.69, 9.17) is 4.42 Å². The Kier molecular flexibility index (Phi) is 5.04. The Balaban J connectivity index is 1.79. The second-order valence-corrected chi connectivity index (χ2v) is 8.30. The lowest BCUT2D eigenvalue weighted by atomic mass is 9.88. The number of benzene rings is 1. The van der Waals surface area contributed by atoms with Crippen LogP contribution in [0.15, 0.2) is 40.9 Å². The van der Waals surface area contributed by atoms with Crippen molar-refractivity contribution in [3.8, 4) is 28.7 Å². The number of rotatable bonds is 4. The van der Waals surface area contributed by atoms with Crippen LogP contribution >= 0.6 is 0 Å². The molecule has 0 saturated carbocycles. The summed E-state index contributed by atoms with van der Waals surface area (Å²) in [6, 6.07) is 10.8. The summed E-state index contributed by atoms with van der Waals surface area (Å²) in [6.45, 7) is 4.11. The molecule has 6 nitrogen and oxygen atoms in total. The lowest BCUT2D eigenvalue weighted by molar-refractivity contribution is -0.212. The van der Waals surface area contributed by atoms with Crippen LogP contribution in [0.2, 0.25) is 0 Å². The number of alkyl halides is 3. The van der Waals surface area contributed by atoms with E-state index in [1.807, 2.05) is 42.8 Å². The van der Waals surface area contributed by atoms with Crippen LogP contribution in [0.3, 0.4) is 0 Å². The predicted octanol–water partition coefficient (Wildman–Crippen LogP) is 5.60. The van der Waals surface area contributed by atoms with Gasteiger partial charge in [0, 0.05) is 24.6 Å². The summed E-state index contributed by atoms with van der Waals surface area (Å²) in [6.07, 6.45) is -3.40. The molecule has 0 unspecified atom stereocenters. The van der Waals surface area contributed by atoms with Crippen LogP contribution in [0.25, 0.3) is 33.6 Å². The van der Waals surface area contributed by atoms with Crippen molar-refractivity contribution in [3.05, 3.63) is 53.9 Å². The Labute approximate surface area is 182 Å². The molecular weight excluding hydrogens is 419 g/mol. The van der Waals surface area contributed by atoms with Crippen molar-refractivity contribution in [2.45, 2.75) is 33.4 Å². The molecule has 0 N–H and O–H groups in total. The van der Waals surface area contributed by atoms with Gasteiger partial charge in [0.25, 0.3) is 0 Å². The molecule has 0 saturated heterocycles. The first-order valence-electron chi connectivity index (χ1n) is 9.86. The van der Waals surface area contributed by atoms with Crippen LogP contribution in [0, 0.1) is 23.7 Å². The van der Waals surface area contributed by atoms with E-state index in [2.05, 4.69) is 15.0 Å². The largest absolute Gasteiger partial charge is 0.441 e. The molecule has 0 atom stereocenters. The van der Waals surface area contributed by atoms with Crippen molar-refractivity contribution < 1.29 is 17.6 Å². The summed E-state index contributed by atoms with van der Waals surface area (Å²) in [7, 11) is 1.92. The number of aromatic nitrogens is 4. The monoisotopic (exact) mass is 439 g/mol. The predicted molar refractivity (Wildman–Crippen MR) is 112 cm³/mol. The summed E-state index contributed by atoms with van der Waals surface area (Å²) >= 11 is 0. The maximum Gasteiger partial charge on any atom is 0.394 e. The number of hydrogen-bond acceptors (Lipinski definition) is 5. The minimum Gasteiger partial charge on any atom is -0.441 e. The van der Waals surface area contributed by atoms with Crippen LogP contribution in [0.1, 0.15) is 31.3 Å². The Bertz CT molecular complexity index is 1360. The second kappa shape index (κ2) is 7.48. The van der Waals surface area contributed by atoms with E-state index in [0.29, 0.717) is 16.8 Å². The Morgan fingerprint density at radius 2 is 1.88 bits per heavy atom. The SMILES string of the molecule is Cc1nc2cc(-c3nc(C#N)ccc3-c3cnc(CC(C)(C)C(F)(F)F)o3)ccc2n1C. The minimum atomic E-state index is -4.39. The van der Waals surface area contributed by atoms with Gasteiger partial charge in [-0.25, -0.2) is 15.0 Å². The van der Waals surface area contributed by atoms with Gasteiger partial charge in [-0.3, -0.25) is 0 Å². The average molecular weight is 439 g/mol. The molecule has 4 aromatic rings. The van der Waals surface area contributed by atoms with E-state index in [9.17, 15) is 18.4 Å². The molecule has 0 bridgehead atoms. The van der Waals surface area contributed by atoms with Crippen molar-refractivity contribution in [3.63, 3.8) is 0 Å². The number of hydrogen-bond donors (Lipinski definition) is 0. The molecule has 32 heavy (non-hydrogen) atoms. The van der Waals surface area contributed by atoms with Gasteiger partial charge in [-0.05, 0) is 31.2 Å². The number of halogens is 3. The van der Waals surface area contributed by atoms with Gasteiger partial charge in [0.1, 0.15) is 17.6 Å². The molecule has 0 aliphatic rings. The van der Waals surface area contributed by atoms with Crippen molar-refractivity contribution in [2.75, 3.05) is 0 Å². The summed E-state index contributed by atoms with van der Waals surface area (Å²) in [5.74, 6) is 1.11. The molecule has 9 heteroatoms. The Morgan fingerprint density at radius 1 is 1.12 bits per heavy atom. The number of imidazole rings is 1. The number of pyridine rings is 1. The highest BCUT2D eigenvalue weighted by atomic mass is 19.4. The van der Waals surface area contributed by atoms with E-state index in [1.54, 1.807) is 6.07 Å². The minimum absolute atomic E-state index is 0.0200. The van der Waals surface area contributed by atoms with Crippen LogP contribution in [0.4, 0.5) is 13.2 Å². The summed E-state index contributed by atoms with van der Waals surface area (Å²) in [4.78, 5) is 13.0. The third kappa shape index (κ3) is 3.73. The summed E-state index contributed by atoms with van der Waals surface area (Å²) in [5.41, 5.74) is 1.63. The van der Waals surface area contributed by atoms with Gasteiger partial charge in [0.2, 0.25) is 0 Å². The molecule has 4 rings (SSSR count). The standard InChI is InChI=1S/C23H20F3N5O/c1-13-29-17-9-14(5-8-18(17)31(13)4)21-16(7-6-15(11-27)30-21)19-12-28-20(32-19)10-22(2,3)23(24,25)26/h5-9,12H,10H2,1-4H3. The van der Waals surface area contributed by atoms with Gasteiger partial charge in [-0.2, -0.15) is 18.4 Å². The van der Waals surface area contributed by atoms with E-state index >= 15 is 0 Å². The van der Waals surface area contributed by atoms with E-state index in [-0.39, 0.29) is 17.3 Å². The lowest BCUT2D eigenvalue weighted by Gasteiger charge is -2.25. The fourth-order valence-electron chi connectivity index (χ4n) is 3.40. The van der Waals surface area contributed by atoms with Crippen molar-refractivity contribution in [2.24, 2.45) is 12.5 Å². The van der Waals surface area contributed by atoms with E-state index < -0.39 is 18.0 Å². The fraction of sp³-hybridized carbons (Fsp3) is 0.304. The van der Waals surface area contributed by atoms with Crippen LogP contribution in [0.5, 0.6) is 0 Å². The molecular formula is C23H20F3N5O. The first-order valence-corrected chi connectivity index (χ1v) is 9.86. The lowest BCUT2D eigenvalue weighted by Crippen LogP contribution is -2.34. The van der Waals surface area contributed by atoms with Gasteiger partial charge in [0.15, 0.2) is 11.7 Å². The van der Waals surface area contributed by atoms with Crippen molar-refractivity contribution in [1.29, 1.82) is 5.26 Å². The highest BCUT2D eigenvalue weighted by Gasteiger charge is 2.48. The normalized spacial score (nSPS) is 12.3. The Morgan fingerprint density at radius 3 is 2.56 bits per heavy atom. The molecule has 3 heterocycles. The quantitative estimate of drug-likeness (QED) is 0.413. The third-order valence-corrected chi connectivity index (χ3v) is 5.57. The summed E-state index contributed by atoms with van der Waals surface area (Å²) in [5, 5.41) is 9.32. The first-order chi connectivity index (χ1) is 15.0. The second-order valence-electron chi connectivity index (χ2n) is 8.30. The third-order valence-electron chi connectivity index (χ3n) is 5.57. The number of nitrogens with zero attached hydrogens (tertiary/aromatic N) is 5. The molecule has 0 aliphatic carbocycles. The maximum atomic E-state index is 13.3.